The molecule has 0 bridgehead atoms. The van der Waals surface area contributed by atoms with Gasteiger partial charge in [-0.3, -0.25) is 4.98 Å². The third kappa shape index (κ3) is 2.61. The average Bonchev–Trinajstić information content (AvgIpc) is 2.40. The molecule has 3 heteroatoms. The molecule has 17 heavy (non-hydrogen) atoms. The molecule has 0 saturated heterocycles. The van der Waals surface area contributed by atoms with Crippen LogP contribution in [-0.4, -0.2) is 11.1 Å². The summed E-state index contributed by atoms with van der Waals surface area (Å²) < 4.78 is 5.55. The molecule has 0 N–H and O–H groups in total. The molecule has 1 aromatic heterocycles. The number of benzene rings is 1. The van der Waals surface area contributed by atoms with Gasteiger partial charge in [-0.15, -0.1) is 0 Å². The van der Waals surface area contributed by atoms with Crippen LogP contribution < -0.4 is 4.74 Å². The number of aromatic nitrogens is 1. The van der Waals surface area contributed by atoms with E-state index in [0.29, 0.717) is 5.75 Å². The van der Waals surface area contributed by atoms with Gasteiger partial charge in [0.2, 0.25) is 0 Å². The standard InChI is InChI=1S/C14H12N2O/c1-11(10-15)17-14-8-3-2-6-12(14)13-7-4-5-9-16-13/h2-9,11H,1H3/t11-/m1/s1. The fourth-order valence-corrected chi connectivity index (χ4v) is 1.52. The van der Waals surface area contributed by atoms with Crippen molar-refractivity contribution in [3.05, 3.63) is 48.7 Å². The third-order valence-corrected chi connectivity index (χ3v) is 2.31. The number of ether oxygens (including phenoxy) is 1. The Bertz CT molecular complexity index is 531. The molecule has 1 atom stereocenters. The molecule has 0 unspecified atom stereocenters. The Balaban J connectivity index is 2.38. The topological polar surface area (TPSA) is 45.9 Å². The lowest BCUT2D eigenvalue weighted by Crippen LogP contribution is -2.08. The van der Waals surface area contributed by atoms with Crippen LogP contribution in [0.15, 0.2) is 48.7 Å². The fourth-order valence-electron chi connectivity index (χ4n) is 1.52. The second-order valence-electron chi connectivity index (χ2n) is 3.60. The molecule has 0 radical (unpaired) electrons. The number of nitrogens with zero attached hydrogens (tertiary/aromatic N) is 2. The Labute approximate surface area is 100 Å². The lowest BCUT2D eigenvalue weighted by molar-refractivity contribution is 0.277. The van der Waals surface area contributed by atoms with E-state index in [2.05, 4.69) is 4.98 Å². The van der Waals surface area contributed by atoms with Crippen molar-refractivity contribution in [3.63, 3.8) is 0 Å². The highest BCUT2D eigenvalue weighted by atomic mass is 16.5. The van der Waals surface area contributed by atoms with Crippen LogP contribution in [-0.2, 0) is 0 Å². The first-order chi connectivity index (χ1) is 8.31. The molecule has 1 heterocycles. The molecule has 0 spiro atoms. The lowest BCUT2D eigenvalue weighted by Gasteiger charge is -2.11. The van der Waals surface area contributed by atoms with E-state index in [4.69, 9.17) is 10.00 Å². The highest BCUT2D eigenvalue weighted by Crippen LogP contribution is 2.28. The van der Waals surface area contributed by atoms with Crippen molar-refractivity contribution in [2.45, 2.75) is 13.0 Å². The van der Waals surface area contributed by atoms with Gasteiger partial charge in [-0.25, -0.2) is 0 Å². The predicted molar refractivity (Wildman–Crippen MR) is 65.4 cm³/mol. The minimum atomic E-state index is -0.472. The van der Waals surface area contributed by atoms with Gasteiger partial charge in [0.05, 0.1) is 5.69 Å². The van der Waals surface area contributed by atoms with Crippen LogP contribution in [0.3, 0.4) is 0 Å². The molecule has 84 valence electrons. The molecule has 2 aromatic rings. The molecule has 0 aliphatic heterocycles. The van der Waals surface area contributed by atoms with E-state index in [-0.39, 0.29) is 0 Å². The van der Waals surface area contributed by atoms with E-state index >= 15 is 0 Å². The summed E-state index contributed by atoms with van der Waals surface area (Å²) in [6.07, 6.45) is 1.26. The second kappa shape index (κ2) is 5.13. The molecule has 0 amide bonds. The minimum Gasteiger partial charge on any atom is -0.475 e. The number of para-hydroxylation sites is 1. The van der Waals surface area contributed by atoms with Crippen molar-refractivity contribution < 1.29 is 4.74 Å². The summed E-state index contributed by atoms with van der Waals surface area (Å²) in [5, 5.41) is 8.77. The molecule has 3 nitrogen and oxygen atoms in total. The van der Waals surface area contributed by atoms with Crippen molar-refractivity contribution in [2.24, 2.45) is 0 Å². The van der Waals surface area contributed by atoms with Gasteiger partial charge >= 0.3 is 0 Å². The van der Waals surface area contributed by atoms with Gasteiger partial charge in [-0.05, 0) is 31.2 Å². The fraction of sp³-hybridized carbons (Fsp3) is 0.143. The minimum absolute atomic E-state index is 0.472. The van der Waals surface area contributed by atoms with Crippen LogP contribution >= 0.6 is 0 Å². The maximum atomic E-state index is 8.77. The van der Waals surface area contributed by atoms with Crippen LogP contribution in [0.4, 0.5) is 0 Å². The Hall–Kier alpha value is -2.34. The second-order valence-corrected chi connectivity index (χ2v) is 3.60. The first kappa shape index (κ1) is 11.2. The summed E-state index contributed by atoms with van der Waals surface area (Å²) in [6, 6.07) is 15.3. The van der Waals surface area contributed by atoms with Gasteiger partial charge in [-0.1, -0.05) is 18.2 Å². The first-order valence-electron chi connectivity index (χ1n) is 5.38. The summed E-state index contributed by atoms with van der Waals surface area (Å²) in [6.45, 7) is 1.72. The van der Waals surface area contributed by atoms with Gasteiger partial charge in [0.25, 0.3) is 0 Å². The Morgan fingerprint density at radius 3 is 2.65 bits per heavy atom. The number of pyridine rings is 1. The highest BCUT2D eigenvalue weighted by Gasteiger charge is 2.09. The van der Waals surface area contributed by atoms with Crippen molar-refractivity contribution in [1.82, 2.24) is 4.98 Å². The normalized spacial score (nSPS) is 11.5. The number of hydrogen-bond acceptors (Lipinski definition) is 3. The number of hydrogen-bond donors (Lipinski definition) is 0. The quantitative estimate of drug-likeness (QED) is 0.805. The molecule has 0 aliphatic rings. The Morgan fingerprint density at radius 1 is 1.18 bits per heavy atom. The van der Waals surface area contributed by atoms with E-state index in [1.807, 2.05) is 48.5 Å². The highest BCUT2D eigenvalue weighted by molar-refractivity contribution is 5.66. The molecule has 0 aliphatic carbocycles. The van der Waals surface area contributed by atoms with E-state index in [9.17, 15) is 0 Å². The Kier molecular flexibility index (Phi) is 3.37. The maximum Gasteiger partial charge on any atom is 0.181 e. The van der Waals surface area contributed by atoms with Crippen molar-refractivity contribution in [2.75, 3.05) is 0 Å². The number of rotatable bonds is 3. The van der Waals surface area contributed by atoms with Gasteiger partial charge < -0.3 is 4.74 Å². The number of nitriles is 1. The predicted octanol–water partition coefficient (Wildman–Crippen LogP) is 3.04. The zero-order chi connectivity index (χ0) is 12.1. The summed E-state index contributed by atoms with van der Waals surface area (Å²) in [7, 11) is 0. The molecule has 0 saturated carbocycles. The first-order valence-corrected chi connectivity index (χ1v) is 5.38. The molecule has 2 rings (SSSR count). The average molecular weight is 224 g/mol. The van der Waals surface area contributed by atoms with E-state index in [0.717, 1.165) is 11.3 Å². The smallest absolute Gasteiger partial charge is 0.181 e. The third-order valence-electron chi connectivity index (χ3n) is 2.31. The zero-order valence-electron chi connectivity index (χ0n) is 9.50. The van der Waals surface area contributed by atoms with Crippen LogP contribution in [0, 0.1) is 11.3 Å². The molecule has 1 aromatic carbocycles. The van der Waals surface area contributed by atoms with Crippen LogP contribution in [0.25, 0.3) is 11.3 Å². The van der Waals surface area contributed by atoms with E-state index < -0.39 is 6.10 Å². The molecule has 0 fully saturated rings. The monoisotopic (exact) mass is 224 g/mol. The van der Waals surface area contributed by atoms with Crippen molar-refractivity contribution >= 4 is 0 Å². The summed E-state index contributed by atoms with van der Waals surface area (Å²) in [4.78, 5) is 4.28. The van der Waals surface area contributed by atoms with Crippen LogP contribution in [0.2, 0.25) is 0 Å². The van der Waals surface area contributed by atoms with Gasteiger partial charge in [0.15, 0.2) is 6.10 Å². The molecular formula is C14H12N2O. The van der Waals surface area contributed by atoms with E-state index in [1.165, 1.54) is 0 Å². The molecular weight excluding hydrogens is 212 g/mol. The summed E-state index contributed by atoms with van der Waals surface area (Å²) in [5.41, 5.74) is 1.74. The Morgan fingerprint density at radius 2 is 1.94 bits per heavy atom. The summed E-state index contributed by atoms with van der Waals surface area (Å²) in [5.74, 6) is 0.681. The summed E-state index contributed by atoms with van der Waals surface area (Å²) >= 11 is 0. The van der Waals surface area contributed by atoms with Gasteiger partial charge in [-0.2, -0.15) is 5.26 Å². The van der Waals surface area contributed by atoms with E-state index in [1.54, 1.807) is 13.1 Å². The van der Waals surface area contributed by atoms with Crippen molar-refractivity contribution in [1.29, 1.82) is 5.26 Å². The lowest BCUT2D eigenvalue weighted by atomic mass is 10.1. The van der Waals surface area contributed by atoms with Gasteiger partial charge in [0.1, 0.15) is 11.8 Å². The van der Waals surface area contributed by atoms with Crippen LogP contribution in [0.5, 0.6) is 5.75 Å². The van der Waals surface area contributed by atoms with Crippen LogP contribution in [0.1, 0.15) is 6.92 Å². The largest absolute Gasteiger partial charge is 0.475 e. The van der Waals surface area contributed by atoms with Crippen molar-refractivity contribution in [3.8, 4) is 23.1 Å². The van der Waals surface area contributed by atoms with Gasteiger partial charge in [0, 0.05) is 11.8 Å². The maximum absolute atomic E-state index is 8.77. The SMILES string of the molecule is C[C@H](C#N)Oc1ccccc1-c1ccccn1. The zero-order valence-corrected chi connectivity index (χ0v) is 9.50.